The van der Waals surface area contributed by atoms with E-state index in [4.69, 9.17) is 0 Å². The van der Waals surface area contributed by atoms with Gasteiger partial charge < -0.3 is 5.32 Å². The molecular formula is C21H26N2O3S. The van der Waals surface area contributed by atoms with Crippen molar-refractivity contribution in [2.75, 3.05) is 0 Å². The Morgan fingerprint density at radius 3 is 2.52 bits per heavy atom. The molecule has 144 valence electrons. The van der Waals surface area contributed by atoms with E-state index >= 15 is 0 Å². The molecule has 2 aromatic rings. The predicted molar refractivity (Wildman–Crippen MR) is 106 cm³/mol. The molecule has 2 aromatic carbocycles. The number of hydrogen-bond acceptors (Lipinski definition) is 3. The van der Waals surface area contributed by atoms with E-state index in [1.165, 1.54) is 18.6 Å². The van der Waals surface area contributed by atoms with Crippen LogP contribution in [0, 0.1) is 6.92 Å². The van der Waals surface area contributed by atoms with Crippen LogP contribution in [0.5, 0.6) is 0 Å². The fourth-order valence-electron chi connectivity index (χ4n) is 3.40. The van der Waals surface area contributed by atoms with Gasteiger partial charge in [0.15, 0.2) is 0 Å². The molecule has 0 spiro atoms. The number of carbonyl (C=O) groups excluding carboxylic acids is 1. The third kappa shape index (κ3) is 5.40. The van der Waals surface area contributed by atoms with Crippen LogP contribution < -0.4 is 10.0 Å². The highest BCUT2D eigenvalue weighted by atomic mass is 32.2. The Labute approximate surface area is 161 Å². The molecule has 1 amide bonds. The summed E-state index contributed by atoms with van der Waals surface area (Å²) >= 11 is 0. The Bertz CT molecular complexity index is 903. The number of nitrogens with one attached hydrogen (secondary N) is 2. The van der Waals surface area contributed by atoms with Crippen LogP contribution in [-0.2, 0) is 16.6 Å². The minimum absolute atomic E-state index is 0.103. The Morgan fingerprint density at radius 1 is 1.04 bits per heavy atom. The second-order valence-corrected chi connectivity index (χ2v) is 8.92. The number of sulfonamides is 1. The van der Waals surface area contributed by atoms with Gasteiger partial charge >= 0.3 is 0 Å². The van der Waals surface area contributed by atoms with Gasteiger partial charge in [-0.05, 0) is 43.5 Å². The first-order chi connectivity index (χ1) is 12.9. The lowest BCUT2D eigenvalue weighted by Crippen LogP contribution is -2.36. The smallest absolute Gasteiger partial charge is 0.251 e. The van der Waals surface area contributed by atoms with Gasteiger partial charge in [-0.2, -0.15) is 0 Å². The van der Waals surface area contributed by atoms with E-state index in [1.54, 1.807) is 12.1 Å². The van der Waals surface area contributed by atoms with Gasteiger partial charge in [0.2, 0.25) is 10.0 Å². The molecule has 0 aromatic heterocycles. The normalized spacial score (nSPS) is 15.4. The minimum Gasteiger partial charge on any atom is -0.349 e. The quantitative estimate of drug-likeness (QED) is 0.797. The van der Waals surface area contributed by atoms with Crippen LogP contribution in [0.3, 0.4) is 0 Å². The molecule has 0 saturated heterocycles. The number of amides is 1. The highest BCUT2D eigenvalue weighted by Gasteiger charge is 2.19. The molecule has 3 rings (SSSR count). The fourth-order valence-corrected chi connectivity index (χ4v) is 4.47. The third-order valence-electron chi connectivity index (χ3n) is 4.90. The Kier molecular flexibility index (Phi) is 6.29. The molecule has 27 heavy (non-hydrogen) atoms. The number of hydrogen-bond donors (Lipinski definition) is 2. The molecular weight excluding hydrogens is 360 g/mol. The van der Waals surface area contributed by atoms with Gasteiger partial charge in [0.25, 0.3) is 5.91 Å². The first-order valence-electron chi connectivity index (χ1n) is 9.40. The zero-order chi connectivity index (χ0) is 19.3. The molecule has 0 aliphatic heterocycles. The van der Waals surface area contributed by atoms with Gasteiger partial charge in [-0.25, -0.2) is 13.1 Å². The van der Waals surface area contributed by atoms with E-state index in [0.29, 0.717) is 5.56 Å². The summed E-state index contributed by atoms with van der Waals surface area (Å²) in [5.41, 5.74) is 2.34. The lowest BCUT2D eigenvalue weighted by Gasteiger charge is -2.22. The van der Waals surface area contributed by atoms with Gasteiger partial charge in [-0.1, -0.05) is 55.2 Å². The first-order valence-corrected chi connectivity index (χ1v) is 10.9. The first kappa shape index (κ1) is 19.6. The average molecular weight is 387 g/mol. The van der Waals surface area contributed by atoms with Crippen molar-refractivity contribution in [1.29, 1.82) is 0 Å². The van der Waals surface area contributed by atoms with Gasteiger partial charge in [0.1, 0.15) is 0 Å². The number of aryl methyl sites for hydroxylation is 1. The van der Waals surface area contributed by atoms with Gasteiger partial charge in [0, 0.05) is 18.2 Å². The number of rotatable bonds is 6. The molecule has 0 heterocycles. The Morgan fingerprint density at radius 2 is 1.78 bits per heavy atom. The maximum Gasteiger partial charge on any atom is 0.251 e. The van der Waals surface area contributed by atoms with Crippen LogP contribution in [0.1, 0.15) is 53.6 Å². The second kappa shape index (κ2) is 8.67. The van der Waals surface area contributed by atoms with Crippen molar-refractivity contribution in [3.05, 3.63) is 65.2 Å². The topological polar surface area (TPSA) is 75.3 Å². The van der Waals surface area contributed by atoms with Crippen LogP contribution in [0.2, 0.25) is 0 Å². The van der Waals surface area contributed by atoms with Crippen molar-refractivity contribution in [1.82, 2.24) is 10.0 Å². The summed E-state index contributed by atoms with van der Waals surface area (Å²) in [4.78, 5) is 12.6. The minimum atomic E-state index is -3.69. The van der Waals surface area contributed by atoms with Gasteiger partial charge in [-0.15, -0.1) is 0 Å². The number of benzene rings is 2. The van der Waals surface area contributed by atoms with E-state index in [9.17, 15) is 13.2 Å². The summed E-state index contributed by atoms with van der Waals surface area (Å²) in [6.45, 7) is 2.18. The SMILES string of the molecule is Cc1cccc(CNS(=O)(=O)c2cccc(C(=O)NC3CCCCC3)c2)c1. The summed E-state index contributed by atoms with van der Waals surface area (Å²) in [5.74, 6) is -0.211. The largest absolute Gasteiger partial charge is 0.349 e. The predicted octanol–water partition coefficient (Wildman–Crippen LogP) is 3.54. The van der Waals surface area contributed by atoms with Crippen molar-refractivity contribution in [2.24, 2.45) is 0 Å². The highest BCUT2D eigenvalue weighted by molar-refractivity contribution is 7.89. The molecule has 0 atom stereocenters. The zero-order valence-corrected chi connectivity index (χ0v) is 16.4. The molecule has 0 bridgehead atoms. The summed E-state index contributed by atoms with van der Waals surface area (Å²) in [6.07, 6.45) is 5.45. The second-order valence-electron chi connectivity index (χ2n) is 7.15. The number of carbonyl (C=O) groups is 1. The van der Waals surface area contributed by atoms with Crippen LogP contribution in [0.25, 0.3) is 0 Å². The molecule has 1 aliphatic rings. The third-order valence-corrected chi connectivity index (χ3v) is 6.29. The fraction of sp³-hybridized carbons (Fsp3) is 0.381. The molecule has 6 heteroatoms. The maximum atomic E-state index is 12.6. The molecule has 1 saturated carbocycles. The summed E-state index contributed by atoms with van der Waals surface area (Å²) < 4.78 is 27.8. The van der Waals surface area contributed by atoms with E-state index in [-0.39, 0.29) is 23.4 Å². The van der Waals surface area contributed by atoms with Gasteiger partial charge in [-0.3, -0.25) is 4.79 Å². The monoisotopic (exact) mass is 386 g/mol. The molecule has 1 fully saturated rings. The van der Waals surface area contributed by atoms with E-state index in [2.05, 4.69) is 10.0 Å². The molecule has 5 nitrogen and oxygen atoms in total. The molecule has 0 radical (unpaired) electrons. The summed E-state index contributed by atoms with van der Waals surface area (Å²) in [7, 11) is -3.69. The Balaban J connectivity index is 1.68. The van der Waals surface area contributed by atoms with Crippen LogP contribution in [-0.4, -0.2) is 20.4 Å². The van der Waals surface area contributed by atoms with Crippen molar-refractivity contribution in [3.8, 4) is 0 Å². The van der Waals surface area contributed by atoms with Crippen molar-refractivity contribution >= 4 is 15.9 Å². The van der Waals surface area contributed by atoms with Crippen LogP contribution in [0.15, 0.2) is 53.4 Å². The maximum absolute atomic E-state index is 12.6. The van der Waals surface area contributed by atoms with E-state index in [1.807, 2.05) is 31.2 Å². The van der Waals surface area contributed by atoms with Crippen molar-refractivity contribution in [2.45, 2.75) is 56.5 Å². The summed E-state index contributed by atoms with van der Waals surface area (Å²) in [5, 5.41) is 3.02. The van der Waals surface area contributed by atoms with Crippen LogP contribution in [0.4, 0.5) is 0 Å². The van der Waals surface area contributed by atoms with E-state index < -0.39 is 10.0 Å². The zero-order valence-electron chi connectivity index (χ0n) is 15.6. The molecule has 0 unspecified atom stereocenters. The Hall–Kier alpha value is -2.18. The lowest BCUT2D eigenvalue weighted by molar-refractivity contribution is 0.0927. The standard InChI is InChI=1S/C21H26N2O3S/c1-16-7-5-8-17(13-16)15-22-27(25,26)20-12-6-9-18(14-20)21(24)23-19-10-3-2-4-11-19/h5-9,12-14,19,22H,2-4,10-11,15H2,1H3,(H,23,24). The summed E-state index contributed by atoms with van der Waals surface area (Å²) in [6, 6.07) is 14.1. The molecule has 2 N–H and O–H groups in total. The van der Waals surface area contributed by atoms with Crippen molar-refractivity contribution in [3.63, 3.8) is 0 Å². The lowest BCUT2D eigenvalue weighted by atomic mass is 9.95. The molecule has 1 aliphatic carbocycles. The average Bonchev–Trinajstić information content (AvgIpc) is 2.67. The highest BCUT2D eigenvalue weighted by Crippen LogP contribution is 2.18. The van der Waals surface area contributed by atoms with Gasteiger partial charge in [0.05, 0.1) is 4.90 Å². The van der Waals surface area contributed by atoms with E-state index in [0.717, 1.165) is 36.8 Å². The van der Waals surface area contributed by atoms with Crippen LogP contribution >= 0.6 is 0 Å². The van der Waals surface area contributed by atoms with Crippen molar-refractivity contribution < 1.29 is 13.2 Å².